The molecule has 3 unspecified atom stereocenters. The fourth-order valence-corrected chi connectivity index (χ4v) is 6.32. The monoisotopic (exact) mass is 658 g/mol. The maximum Gasteiger partial charge on any atom is 0.267 e. The van der Waals surface area contributed by atoms with Gasteiger partial charge in [0, 0.05) is 0 Å². The molecule has 1 amide bonds. The van der Waals surface area contributed by atoms with Crippen molar-refractivity contribution in [1.29, 1.82) is 0 Å². The van der Waals surface area contributed by atoms with Crippen LogP contribution in [0.3, 0.4) is 0 Å². The maximum absolute atomic E-state index is 12.5. The Kier molecular flexibility index (Phi) is 30.5. The van der Waals surface area contributed by atoms with E-state index in [4.69, 9.17) is 0 Å². The van der Waals surface area contributed by atoms with Crippen LogP contribution < -0.4 is 5.32 Å². The minimum absolute atomic E-state index is 0.277. The van der Waals surface area contributed by atoms with E-state index in [9.17, 15) is 28.0 Å². The van der Waals surface area contributed by atoms with Crippen LogP contribution in [0.5, 0.6) is 0 Å². The van der Waals surface area contributed by atoms with Crippen LogP contribution in [-0.4, -0.2) is 53.1 Å². The van der Waals surface area contributed by atoms with Crippen LogP contribution >= 0.6 is 0 Å². The first kappa shape index (κ1) is 43.8. The molecule has 0 spiro atoms. The van der Waals surface area contributed by atoms with Crippen LogP contribution in [0.25, 0.3) is 0 Å². The van der Waals surface area contributed by atoms with Crippen molar-refractivity contribution in [2.45, 2.75) is 199 Å². The van der Waals surface area contributed by atoms with Crippen molar-refractivity contribution in [1.82, 2.24) is 5.32 Å². The number of carbonyl (C=O) groups is 1. The van der Waals surface area contributed by atoms with Crippen LogP contribution in [0.1, 0.15) is 181 Å². The van der Waals surface area contributed by atoms with Gasteiger partial charge in [-0.2, -0.15) is 8.42 Å². The number of carbonyl (C=O) groups excluding carboxylic acids is 1. The van der Waals surface area contributed by atoms with Crippen LogP contribution in [0.15, 0.2) is 24.3 Å². The average Bonchev–Trinajstić information content (AvgIpc) is 3.00. The van der Waals surface area contributed by atoms with Crippen molar-refractivity contribution < 1.29 is 28.0 Å². The lowest BCUT2D eigenvalue weighted by molar-refractivity contribution is -0.130. The molecular formula is C37H71NO6S. The Hall–Kier alpha value is -1.22. The minimum atomic E-state index is -4.44. The van der Waals surface area contributed by atoms with E-state index in [0.29, 0.717) is 12.8 Å². The molecule has 0 aromatic carbocycles. The zero-order chi connectivity index (χ0) is 33.4. The summed E-state index contributed by atoms with van der Waals surface area (Å²) in [5, 5.41) is 23.3. The molecule has 0 aromatic rings. The van der Waals surface area contributed by atoms with Crippen molar-refractivity contribution in [3.05, 3.63) is 24.3 Å². The molecule has 0 aliphatic carbocycles. The third-order valence-corrected chi connectivity index (χ3v) is 9.27. The number of aliphatic hydroxyl groups is 2. The van der Waals surface area contributed by atoms with Gasteiger partial charge in [-0.1, -0.05) is 173 Å². The summed E-state index contributed by atoms with van der Waals surface area (Å²) in [7, 11) is -4.44. The second-order valence-electron chi connectivity index (χ2n) is 13.0. The van der Waals surface area contributed by atoms with Crippen molar-refractivity contribution >= 4 is 16.0 Å². The van der Waals surface area contributed by atoms with Gasteiger partial charge in [0.05, 0.1) is 17.9 Å². The molecule has 3 atom stereocenters. The molecule has 0 saturated heterocycles. The number of hydrogen-bond acceptors (Lipinski definition) is 5. The van der Waals surface area contributed by atoms with E-state index < -0.39 is 40.0 Å². The molecule has 0 rings (SSSR count). The lowest BCUT2D eigenvalue weighted by Gasteiger charge is -2.22. The summed E-state index contributed by atoms with van der Waals surface area (Å²) >= 11 is 0. The highest BCUT2D eigenvalue weighted by Crippen LogP contribution is 2.14. The second-order valence-corrected chi connectivity index (χ2v) is 14.5. The third kappa shape index (κ3) is 31.2. The second kappa shape index (κ2) is 31.4. The number of aliphatic hydroxyl groups excluding tert-OH is 2. The third-order valence-electron chi connectivity index (χ3n) is 8.49. The molecule has 45 heavy (non-hydrogen) atoms. The van der Waals surface area contributed by atoms with Crippen LogP contribution in [-0.2, 0) is 14.9 Å². The van der Waals surface area contributed by atoms with Gasteiger partial charge < -0.3 is 15.5 Å². The number of nitrogens with one attached hydrogen (secondary N) is 1. The first-order valence-electron chi connectivity index (χ1n) is 18.6. The van der Waals surface area contributed by atoms with E-state index in [0.717, 1.165) is 32.1 Å². The molecule has 8 heteroatoms. The summed E-state index contributed by atoms with van der Waals surface area (Å²) in [5.74, 6) is -1.55. The highest BCUT2D eigenvalue weighted by atomic mass is 32.2. The van der Waals surface area contributed by atoms with E-state index in [1.54, 1.807) is 6.08 Å². The van der Waals surface area contributed by atoms with Gasteiger partial charge in [0.25, 0.3) is 10.1 Å². The highest BCUT2D eigenvalue weighted by molar-refractivity contribution is 7.85. The Morgan fingerprint density at radius 1 is 0.600 bits per heavy atom. The Morgan fingerprint density at radius 2 is 1.00 bits per heavy atom. The van der Waals surface area contributed by atoms with E-state index in [2.05, 4.69) is 31.3 Å². The number of rotatable bonds is 33. The van der Waals surface area contributed by atoms with E-state index in [-0.39, 0.29) is 6.42 Å². The fraction of sp³-hybridized carbons (Fsp3) is 0.865. The average molecular weight is 658 g/mol. The largest absolute Gasteiger partial charge is 0.387 e. The van der Waals surface area contributed by atoms with Gasteiger partial charge in [0.1, 0.15) is 6.10 Å². The minimum Gasteiger partial charge on any atom is -0.387 e. The summed E-state index contributed by atoms with van der Waals surface area (Å²) < 4.78 is 32.4. The number of hydrogen-bond donors (Lipinski definition) is 4. The maximum atomic E-state index is 12.5. The van der Waals surface area contributed by atoms with Crippen LogP contribution in [0.2, 0.25) is 0 Å². The molecule has 266 valence electrons. The molecule has 0 bridgehead atoms. The van der Waals surface area contributed by atoms with Gasteiger partial charge in [-0.3, -0.25) is 9.35 Å². The molecule has 0 aliphatic rings. The quantitative estimate of drug-likeness (QED) is 0.0317. The number of amides is 1. The predicted molar refractivity (Wildman–Crippen MR) is 190 cm³/mol. The van der Waals surface area contributed by atoms with Gasteiger partial charge >= 0.3 is 0 Å². The lowest BCUT2D eigenvalue weighted by atomic mass is 10.0. The summed E-state index contributed by atoms with van der Waals surface area (Å²) in [5.41, 5.74) is 0. The normalized spacial score (nSPS) is 14.3. The van der Waals surface area contributed by atoms with Crippen molar-refractivity contribution in [2.24, 2.45) is 0 Å². The summed E-state index contributed by atoms with van der Waals surface area (Å²) in [6.07, 6.45) is 35.2. The molecule has 7 nitrogen and oxygen atoms in total. The first-order chi connectivity index (χ1) is 21.7. The Labute approximate surface area is 277 Å². The molecule has 0 fully saturated rings. The van der Waals surface area contributed by atoms with Crippen molar-refractivity contribution in [3.63, 3.8) is 0 Å². The standard InChI is InChI=1S/C37H71NO6S/c1-3-5-7-9-11-13-15-17-19-21-23-25-27-29-31-35(39)34(33-45(42,43)44)38-37(41)36(40)32-30-28-26-24-22-20-18-16-14-12-10-8-6-4-2/h21,23,29,31,34-36,39-40H,3-20,22,24-28,30,32-33H2,1-2H3,(H,38,41)(H,42,43,44)/b23-21+,31-29+. The van der Waals surface area contributed by atoms with Crippen LogP contribution in [0, 0.1) is 0 Å². The van der Waals surface area contributed by atoms with E-state index >= 15 is 0 Å². The van der Waals surface area contributed by atoms with Gasteiger partial charge in [-0.05, 0) is 32.1 Å². The van der Waals surface area contributed by atoms with Gasteiger partial charge in [0.2, 0.25) is 5.91 Å². The predicted octanol–water partition coefficient (Wildman–Crippen LogP) is 9.38. The Bertz CT molecular complexity index is 829. The lowest BCUT2D eigenvalue weighted by Crippen LogP contribution is -2.50. The topological polar surface area (TPSA) is 124 Å². The smallest absolute Gasteiger partial charge is 0.267 e. The van der Waals surface area contributed by atoms with Gasteiger partial charge in [-0.15, -0.1) is 0 Å². The zero-order valence-corrected chi connectivity index (χ0v) is 29.9. The van der Waals surface area contributed by atoms with Crippen molar-refractivity contribution in [3.8, 4) is 0 Å². The van der Waals surface area contributed by atoms with E-state index in [1.165, 1.54) is 122 Å². The van der Waals surface area contributed by atoms with Crippen LogP contribution in [0.4, 0.5) is 0 Å². The fourth-order valence-electron chi connectivity index (χ4n) is 5.59. The number of unbranched alkanes of at least 4 members (excludes halogenated alkanes) is 22. The molecule has 0 heterocycles. The molecule has 0 aliphatic heterocycles. The zero-order valence-electron chi connectivity index (χ0n) is 29.1. The van der Waals surface area contributed by atoms with Crippen molar-refractivity contribution in [2.75, 3.05) is 5.75 Å². The summed E-state index contributed by atoms with van der Waals surface area (Å²) in [6, 6.07) is -1.24. The van der Waals surface area contributed by atoms with Gasteiger partial charge in [-0.25, -0.2) is 0 Å². The first-order valence-corrected chi connectivity index (χ1v) is 20.3. The molecule has 0 radical (unpaired) electrons. The molecule has 4 N–H and O–H groups in total. The number of allylic oxidation sites excluding steroid dienone is 3. The molecular weight excluding hydrogens is 586 g/mol. The summed E-state index contributed by atoms with van der Waals surface area (Å²) in [6.45, 7) is 4.48. The Morgan fingerprint density at radius 3 is 1.47 bits per heavy atom. The highest BCUT2D eigenvalue weighted by Gasteiger charge is 2.27. The Balaban J connectivity index is 4.15. The summed E-state index contributed by atoms with van der Waals surface area (Å²) in [4.78, 5) is 12.5. The van der Waals surface area contributed by atoms with E-state index in [1.807, 2.05) is 0 Å². The molecule has 0 saturated carbocycles. The molecule has 0 aromatic heterocycles. The van der Waals surface area contributed by atoms with Gasteiger partial charge in [0.15, 0.2) is 0 Å². The SMILES string of the molecule is CCCCCCCCCC/C=C/CC/C=C/C(O)C(CS(=O)(=O)O)NC(=O)C(O)CCCCCCCCCCCCCCCC.